The van der Waals surface area contributed by atoms with Crippen LogP contribution in [0.2, 0.25) is 0 Å². The summed E-state index contributed by atoms with van der Waals surface area (Å²) in [5.74, 6) is 0. The van der Waals surface area contributed by atoms with Gasteiger partial charge in [0.25, 0.3) is 0 Å². The molecule has 0 spiro atoms. The Balaban J connectivity index is 2.11. The molecule has 1 heterocycles. The molecule has 17 heavy (non-hydrogen) atoms. The first kappa shape index (κ1) is 14.9. The van der Waals surface area contributed by atoms with Crippen LogP contribution in [-0.2, 0) is 4.74 Å². The lowest BCUT2D eigenvalue weighted by Crippen LogP contribution is -2.47. The normalized spacial score (nSPS) is 22.2. The van der Waals surface area contributed by atoms with Crippen LogP contribution in [0.1, 0.15) is 20.3 Å². The maximum absolute atomic E-state index is 5.74. The average Bonchev–Trinajstić information content (AvgIpc) is 2.36. The van der Waals surface area contributed by atoms with Crippen LogP contribution in [0.3, 0.4) is 0 Å². The van der Waals surface area contributed by atoms with E-state index in [1.165, 1.54) is 19.5 Å². The van der Waals surface area contributed by atoms with Gasteiger partial charge in [-0.3, -0.25) is 4.90 Å². The first-order chi connectivity index (χ1) is 8.26. The molecule has 0 amide bonds. The highest BCUT2D eigenvalue weighted by Gasteiger charge is 2.19. The van der Waals surface area contributed by atoms with Crippen LogP contribution in [0.25, 0.3) is 0 Å². The molecule has 0 saturated carbocycles. The van der Waals surface area contributed by atoms with Gasteiger partial charge < -0.3 is 15.0 Å². The van der Waals surface area contributed by atoms with Gasteiger partial charge in [-0.2, -0.15) is 0 Å². The van der Waals surface area contributed by atoms with Crippen molar-refractivity contribution in [2.75, 3.05) is 59.5 Å². The summed E-state index contributed by atoms with van der Waals surface area (Å²) in [5.41, 5.74) is 0. The van der Waals surface area contributed by atoms with Crippen molar-refractivity contribution in [3.05, 3.63) is 0 Å². The van der Waals surface area contributed by atoms with E-state index in [4.69, 9.17) is 4.74 Å². The van der Waals surface area contributed by atoms with Crippen LogP contribution in [0, 0.1) is 0 Å². The second kappa shape index (κ2) is 8.86. The van der Waals surface area contributed by atoms with E-state index >= 15 is 0 Å². The van der Waals surface area contributed by atoms with Gasteiger partial charge in [0.05, 0.1) is 12.7 Å². The van der Waals surface area contributed by atoms with Gasteiger partial charge in [-0.25, -0.2) is 0 Å². The van der Waals surface area contributed by atoms with Crippen LogP contribution < -0.4 is 5.32 Å². The highest BCUT2D eigenvalue weighted by molar-refractivity contribution is 4.73. The Morgan fingerprint density at radius 1 is 1.41 bits per heavy atom. The van der Waals surface area contributed by atoms with Crippen molar-refractivity contribution in [2.45, 2.75) is 26.4 Å². The fourth-order valence-electron chi connectivity index (χ4n) is 2.13. The van der Waals surface area contributed by atoms with Gasteiger partial charge in [-0.1, -0.05) is 13.8 Å². The Labute approximate surface area is 106 Å². The lowest BCUT2D eigenvalue weighted by atomic mass is 10.2. The number of rotatable bonds is 8. The van der Waals surface area contributed by atoms with Gasteiger partial charge in [0.2, 0.25) is 0 Å². The minimum Gasteiger partial charge on any atom is -0.374 e. The second-order valence-electron chi connectivity index (χ2n) is 4.85. The maximum atomic E-state index is 5.74. The number of hydrogen-bond acceptors (Lipinski definition) is 4. The Bertz CT molecular complexity index is 190. The number of ether oxygens (including phenoxy) is 1. The monoisotopic (exact) mass is 243 g/mol. The number of likely N-dealkylation sites (N-methyl/N-ethyl adjacent to an activating group) is 1. The lowest BCUT2D eigenvalue weighted by molar-refractivity contribution is -0.0274. The van der Waals surface area contributed by atoms with Crippen LogP contribution in [0.5, 0.6) is 0 Å². The molecule has 0 bridgehead atoms. The van der Waals surface area contributed by atoms with Crippen molar-refractivity contribution < 1.29 is 4.74 Å². The lowest BCUT2D eigenvalue weighted by Gasteiger charge is -2.33. The standard InChI is InChI=1S/C13H29N3O/c1-4-14-11-13-12-16(9-10-17-13)8-6-7-15(3)5-2/h13-14H,4-12H2,1-3H3/t13-/m0/s1. The fraction of sp³-hybridized carbons (Fsp3) is 1.00. The van der Waals surface area contributed by atoms with E-state index in [1.807, 2.05) is 0 Å². The van der Waals surface area contributed by atoms with Crippen molar-refractivity contribution in [2.24, 2.45) is 0 Å². The van der Waals surface area contributed by atoms with Gasteiger partial charge in [0.15, 0.2) is 0 Å². The van der Waals surface area contributed by atoms with Crippen LogP contribution in [0.15, 0.2) is 0 Å². The predicted octanol–water partition coefficient (Wildman–Crippen LogP) is 0.639. The molecule has 1 atom stereocenters. The number of hydrogen-bond donors (Lipinski definition) is 1. The van der Waals surface area contributed by atoms with E-state index < -0.39 is 0 Å². The predicted molar refractivity (Wildman–Crippen MR) is 72.5 cm³/mol. The average molecular weight is 243 g/mol. The third-order valence-corrected chi connectivity index (χ3v) is 3.40. The highest BCUT2D eigenvalue weighted by Crippen LogP contribution is 2.05. The molecule has 102 valence electrons. The van der Waals surface area contributed by atoms with E-state index in [9.17, 15) is 0 Å². The summed E-state index contributed by atoms with van der Waals surface area (Å²) >= 11 is 0. The quantitative estimate of drug-likeness (QED) is 0.677. The van der Waals surface area contributed by atoms with E-state index in [2.05, 4.69) is 36.0 Å². The van der Waals surface area contributed by atoms with Crippen molar-refractivity contribution >= 4 is 0 Å². The molecule has 0 unspecified atom stereocenters. The molecule has 1 N–H and O–H groups in total. The molecule has 0 aliphatic carbocycles. The summed E-state index contributed by atoms with van der Waals surface area (Å²) in [4.78, 5) is 4.91. The zero-order valence-corrected chi connectivity index (χ0v) is 11.7. The first-order valence-corrected chi connectivity index (χ1v) is 6.99. The van der Waals surface area contributed by atoms with Crippen LogP contribution in [-0.4, -0.2) is 75.4 Å². The molecule has 1 aliphatic heterocycles. The SMILES string of the molecule is CCNC[C@H]1CN(CCCN(C)CC)CCO1. The molecule has 1 aliphatic rings. The van der Waals surface area contributed by atoms with Crippen molar-refractivity contribution in [3.8, 4) is 0 Å². The van der Waals surface area contributed by atoms with Gasteiger partial charge in [0.1, 0.15) is 0 Å². The summed E-state index contributed by atoms with van der Waals surface area (Å²) in [6, 6.07) is 0. The first-order valence-electron chi connectivity index (χ1n) is 6.99. The molecular weight excluding hydrogens is 214 g/mol. The number of nitrogens with one attached hydrogen (secondary N) is 1. The van der Waals surface area contributed by atoms with Crippen LogP contribution in [0.4, 0.5) is 0 Å². The van der Waals surface area contributed by atoms with Gasteiger partial charge >= 0.3 is 0 Å². The van der Waals surface area contributed by atoms with Crippen molar-refractivity contribution in [1.82, 2.24) is 15.1 Å². The molecule has 4 nitrogen and oxygen atoms in total. The van der Waals surface area contributed by atoms with E-state index in [0.29, 0.717) is 6.10 Å². The summed E-state index contributed by atoms with van der Waals surface area (Å²) in [6.45, 7) is 13.0. The third-order valence-electron chi connectivity index (χ3n) is 3.40. The van der Waals surface area contributed by atoms with Crippen LogP contribution >= 0.6 is 0 Å². The second-order valence-corrected chi connectivity index (χ2v) is 4.85. The van der Waals surface area contributed by atoms with Crippen molar-refractivity contribution in [1.29, 1.82) is 0 Å². The third kappa shape index (κ3) is 6.36. The van der Waals surface area contributed by atoms with Crippen molar-refractivity contribution in [3.63, 3.8) is 0 Å². The molecule has 0 aromatic rings. The molecule has 4 heteroatoms. The minimum absolute atomic E-state index is 0.382. The number of nitrogens with zero attached hydrogens (tertiary/aromatic N) is 2. The van der Waals surface area contributed by atoms with E-state index in [0.717, 1.165) is 39.3 Å². The zero-order valence-electron chi connectivity index (χ0n) is 11.7. The molecule has 0 radical (unpaired) electrons. The summed E-state index contributed by atoms with van der Waals surface area (Å²) < 4.78 is 5.74. The molecule has 0 aromatic heterocycles. The molecule has 0 aromatic carbocycles. The Kier molecular flexibility index (Phi) is 7.77. The topological polar surface area (TPSA) is 27.7 Å². The smallest absolute Gasteiger partial charge is 0.0826 e. The Morgan fingerprint density at radius 2 is 2.24 bits per heavy atom. The van der Waals surface area contributed by atoms with E-state index in [-0.39, 0.29) is 0 Å². The molecular formula is C13H29N3O. The van der Waals surface area contributed by atoms with Gasteiger partial charge in [0, 0.05) is 19.6 Å². The molecule has 1 saturated heterocycles. The Hall–Kier alpha value is -0.160. The number of morpholine rings is 1. The molecule has 1 fully saturated rings. The van der Waals surface area contributed by atoms with E-state index in [1.54, 1.807) is 0 Å². The maximum Gasteiger partial charge on any atom is 0.0826 e. The minimum atomic E-state index is 0.382. The highest BCUT2D eigenvalue weighted by atomic mass is 16.5. The summed E-state index contributed by atoms with van der Waals surface area (Å²) in [6.07, 6.45) is 1.64. The zero-order chi connectivity index (χ0) is 12.5. The fourth-order valence-corrected chi connectivity index (χ4v) is 2.13. The molecule has 1 rings (SSSR count). The van der Waals surface area contributed by atoms with Gasteiger partial charge in [-0.15, -0.1) is 0 Å². The van der Waals surface area contributed by atoms with Gasteiger partial charge in [-0.05, 0) is 39.6 Å². The summed E-state index contributed by atoms with van der Waals surface area (Å²) in [5, 5.41) is 3.36. The largest absolute Gasteiger partial charge is 0.374 e. The Morgan fingerprint density at radius 3 is 2.94 bits per heavy atom. The summed E-state index contributed by atoms with van der Waals surface area (Å²) in [7, 11) is 2.19.